The summed E-state index contributed by atoms with van der Waals surface area (Å²) in [6.07, 6.45) is 0. The van der Waals surface area contributed by atoms with Gasteiger partial charge in [0.1, 0.15) is 11.5 Å². The minimum atomic E-state index is -4.19. The molecule has 6 N–H and O–H groups in total. The van der Waals surface area contributed by atoms with E-state index in [4.69, 9.17) is 20.8 Å². The van der Waals surface area contributed by atoms with E-state index in [1.54, 1.807) is 18.2 Å². The second kappa shape index (κ2) is 7.29. The van der Waals surface area contributed by atoms with Crippen LogP contribution in [0.3, 0.4) is 0 Å². The Bertz CT molecular complexity index is 1000. The molecule has 3 aromatic carbocycles. The maximum absolute atomic E-state index is 10.6. The second-order valence-electron chi connectivity index (χ2n) is 5.14. The molecule has 0 bridgehead atoms. The van der Waals surface area contributed by atoms with Gasteiger partial charge in [-0.3, -0.25) is 4.55 Å². The maximum Gasteiger partial charge on any atom is 0.294 e. The van der Waals surface area contributed by atoms with E-state index >= 15 is 0 Å². The highest BCUT2D eigenvalue weighted by atomic mass is 32.2. The quantitative estimate of drug-likeness (QED) is 0.406. The third-order valence-electron chi connectivity index (χ3n) is 3.38. The van der Waals surface area contributed by atoms with Crippen molar-refractivity contribution in [2.45, 2.75) is 4.90 Å². The molecule has 3 aromatic rings. The number of anilines is 2. The molecule has 132 valence electrons. The Morgan fingerprint density at radius 2 is 1.72 bits per heavy atom. The second-order valence-corrected chi connectivity index (χ2v) is 6.56. The van der Waals surface area contributed by atoms with Crippen LogP contribution in [-0.2, 0) is 10.1 Å². The number of nitrogen functional groups attached to an aromatic ring is 2. The predicted octanol–water partition coefficient (Wildman–Crippen LogP) is 2.65. The highest BCUT2D eigenvalue weighted by Crippen LogP contribution is 2.25. The number of phenols is 1. The molecule has 0 atom stereocenters. The Labute approximate surface area is 145 Å². The van der Waals surface area contributed by atoms with Gasteiger partial charge in [0.2, 0.25) is 0 Å². The van der Waals surface area contributed by atoms with Crippen molar-refractivity contribution in [3.63, 3.8) is 0 Å². The number of nitrogens with two attached hydrogens (primary N) is 2. The molecule has 0 aliphatic rings. The van der Waals surface area contributed by atoms with E-state index < -0.39 is 10.1 Å². The van der Waals surface area contributed by atoms with E-state index in [-0.39, 0.29) is 10.6 Å². The molecule has 25 heavy (non-hydrogen) atoms. The first-order valence-corrected chi connectivity index (χ1v) is 8.54. The lowest BCUT2D eigenvalue weighted by molar-refractivity contribution is 0.416. The Morgan fingerprint density at radius 1 is 1.00 bits per heavy atom. The van der Waals surface area contributed by atoms with Crippen LogP contribution in [-0.4, -0.2) is 25.2 Å². The summed E-state index contributed by atoms with van der Waals surface area (Å²) < 4.78 is 34.8. The fraction of sp³-hybridized carbons (Fsp3) is 0.0588. The van der Waals surface area contributed by atoms with Gasteiger partial charge >= 0.3 is 0 Å². The first-order valence-electron chi connectivity index (χ1n) is 7.10. The van der Waals surface area contributed by atoms with Gasteiger partial charge in [-0.1, -0.05) is 12.1 Å². The molecule has 0 saturated carbocycles. The molecule has 0 unspecified atom stereocenters. The molecule has 0 amide bonds. The zero-order valence-electron chi connectivity index (χ0n) is 13.4. The highest BCUT2D eigenvalue weighted by Gasteiger charge is 2.11. The van der Waals surface area contributed by atoms with E-state index in [0.29, 0.717) is 17.2 Å². The van der Waals surface area contributed by atoms with Crippen LogP contribution < -0.4 is 16.2 Å². The van der Waals surface area contributed by atoms with Gasteiger partial charge in [0.05, 0.1) is 17.7 Å². The van der Waals surface area contributed by atoms with Crippen LogP contribution in [0.5, 0.6) is 11.5 Å². The number of rotatable bonds is 2. The van der Waals surface area contributed by atoms with E-state index in [9.17, 15) is 13.5 Å². The fourth-order valence-corrected chi connectivity index (χ4v) is 2.67. The van der Waals surface area contributed by atoms with Crippen LogP contribution >= 0.6 is 0 Å². The van der Waals surface area contributed by atoms with Crippen LogP contribution in [0.4, 0.5) is 11.4 Å². The van der Waals surface area contributed by atoms with E-state index in [2.05, 4.69) is 0 Å². The molecule has 0 aliphatic heterocycles. The molecule has 0 heterocycles. The number of phenolic OH excluding ortho intramolecular Hbond substituents is 1. The molecule has 0 fully saturated rings. The van der Waals surface area contributed by atoms with Gasteiger partial charge in [0, 0.05) is 11.1 Å². The third-order valence-corrected chi connectivity index (χ3v) is 4.23. The Morgan fingerprint density at radius 3 is 2.32 bits per heavy atom. The molecule has 0 radical (unpaired) electrons. The topological polar surface area (TPSA) is 136 Å². The van der Waals surface area contributed by atoms with Crippen molar-refractivity contribution < 1.29 is 22.8 Å². The number of fused-ring (bicyclic) bond motifs is 1. The normalized spacial score (nSPS) is 10.8. The van der Waals surface area contributed by atoms with E-state index in [1.807, 2.05) is 18.2 Å². The lowest BCUT2D eigenvalue weighted by Crippen LogP contribution is -2.00. The van der Waals surface area contributed by atoms with Crippen molar-refractivity contribution >= 4 is 32.3 Å². The van der Waals surface area contributed by atoms with Gasteiger partial charge in [-0.15, -0.1) is 0 Å². The van der Waals surface area contributed by atoms with Gasteiger partial charge in [-0.25, -0.2) is 0 Å². The summed E-state index contributed by atoms with van der Waals surface area (Å²) in [6.45, 7) is 0. The van der Waals surface area contributed by atoms with Crippen molar-refractivity contribution in [3.05, 3.63) is 54.6 Å². The summed E-state index contributed by atoms with van der Waals surface area (Å²) >= 11 is 0. The van der Waals surface area contributed by atoms with Crippen LogP contribution in [0, 0.1) is 0 Å². The molecule has 0 saturated heterocycles. The Kier molecular flexibility index (Phi) is 5.35. The standard InChI is InChI=1S/C10H9NO.C7H9NO4S/c11-8-4-5-9-7(6-8)2-1-3-10(9)12;1-12-7-3-2-5(4-6(7)8)13(9,10)11/h1-6,12H,11H2;2-4H,8H2,1H3,(H,9,10,11). The number of aromatic hydroxyl groups is 1. The summed E-state index contributed by atoms with van der Waals surface area (Å²) in [5.41, 5.74) is 11.9. The van der Waals surface area contributed by atoms with Gasteiger partial charge in [0.25, 0.3) is 10.1 Å². The largest absolute Gasteiger partial charge is 0.507 e. The predicted molar refractivity (Wildman–Crippen MR) is 97.2 cm³/mol. The first-order chi connectivity index (χ1) is 11.7. The van der Waals surface area contributed by atoms with Gasteiger partial charge in [-0.05, 0) is 47.9 Å². The number of benzene rings is 3. The zero-order valence-corrected chi connectivity index (χ0v) is 14.2. The van der Waals surface area contributed by atoms with Crippen molar-refractivity contribution in [2.75, 3.05) is 18.6 Å². The Balaban J connectivity index is 0.000000181. The van der Waals surface area contributed by atoms with Crippen molar-refractivity contribution in [1.29, 1.82) is 0 Å². The summed E-state index contributed by atoms with van der Waals surface area (Å²) in [6, 6.07) is 14.6. The van der Waals surface area contributed by atoms with Crippen LogP contribution in [0.15, 0.2) is 59.5 Å². The third kappa shape index (κ3) is 4.52. The molecule has 7 nitrogen and oxygen atoms in total. The number of hydrogen-bond acceptors (Lipinski definition) is 6. The van der Waals surface area contributed by atoms with Crippen LogP contribution in [0.25, 0.3) is 10.8 Å². The van der Waals surface area contributed by atoms with E-state index in [0.717, 1.165) is 16.8 Å². The van der Waals surface area contributed by atoms with Gasteiger partial charge in [-0.2, -0.15) is 8.42 Å². The fourth-order valence-electron chi connectivity index (χ4n) is 2.16. The molecular weight excluding hydrogens is 344 g/mol. The van der Waals surface area contributed by atoms with Crippen molar-refractivity contribution in [2.24, 2.45) is 0 Å². The number of ether oxygens (including phenoxy) is 1. The van der Waals surface area contributed by atoms with Crippen molar-refractivity contribution in [3.8, 4) is 11.5 Å². The Hall–Kier alpha value is -2.97. The summed E-state index contributed by atoms with van der Waals surface area (Å²) in [4.78, 5) is -0.245. The highest BCUT2D eigenvalue weighted by molar-refractivity contribution is 7.85. The average Bonchev–Trinajstić information content (AvgIpc) is 2.54. The number of hydrogen-bond donors (Lipinski definition) is 4. The molecule has 8 heteroatoms. The molecule has 0 aliphatic carbocycles. The average molecular weight is 362 g/mol. The number of methoxy groups -OCH3 is 1. The van der Waals surface area contributed by atoms with Gasteiger partial charge in [0.15, 0.2) is 0 Å². The lowest BCUT2D eigenvalue weighted by Gasteiger charge is -2.04. The molecule has 0 aromatic heterocycles. The molecule has 0 spiro atoms. The van der Waals surface area contributed by atoms with E-state index in [1.165, 1.54) is 19.2 Å². The van der Waals surface area contributed by atoms with Crippen LogP contribution in [0.1, 0.15) is 0 Å². The first kappa shape index (κ1) is 18.4. The minimum absolute atomic E-state index is 0.164. The SMILES string of the molecule is COc1ccc(S(=O)(=O)O)cc1N.Nc1ccc2c(O)cccc2c1. The summed E-state index contributed by atoms with van der Waals surface area (Å²) in [7, 11) is -2.77. The maximum atomic E-state index is 10.6. The summed E-state index contributed by atoms with van der Waals surface area (Å²) in [5.74, 6) is 0.667. The van der Waals surface area contributed by atoms with Gasteiger partial charge < -0.3 is 21.3 Å². The summed E-state index contributed by atoms with van der Waals surface area (Å²) in [5, 5.41) is 11.2. The zero-order chi connectivity index (χ0) is 18.6. The van der Waals surface area contributed by atoms with Crippen molar-refractivity contribution in [1.82, 2.24) is 0 Å². The molecule has 3 rings (SSSR count). The minimum Gasteiger partial charge on any atom is -0.507 e. The smallest absolute Gasteiger partial charge is 0.294 e. The van der Waals surface area contributed by atoms with Crippen LogP contribution in [0.2, 0.25) is 0 Å². The monoisotopic (exact) mass is 362 g/mol. The molecular formula is C17H18N2O5S. The lowest BCUT2D eigenvalue weighted by atomic mass is 10.1.